The minimum atomic E-state index is -0.354. The first-order valence-electron chi connectivity index (χ1n) is 10.3. The van der Waals surface area contributed by atoms with Crippen LogP contribution in [0.4, 0.5) is 8.78 Å². The van der Waals surface area contributed by atoms with Crippen molar-refractivity contribution in [3.8, 4) is 23.0 Å². The van der Waals surface area contributed by atoms with Crippen molar-refractivity contribution in [3.63, 3.8) is 0 Å². The van der Waals surface area contributed by atoms with Crippen molar-refractivity contribution in [1.82, 2.24) is 5.32 Å². The van der Waals surface area contributed by atoms with Crippen molar-refractivity contribution in [1.29, 1.82) is 0 Å². The van der Waals surface area contributed by atoms with Gasteiger partial charge in [0.1, 0.15) is 24.7 Å². The molecule has 0 spiro atoms. The number of benzene rings is 2. The molecule has 0 fully saturated rings. The van der Waals surface area contributed by atoms with Gasteiger partial charge < -0.3 is 30.0 Å². The molecule has 2 aromatic rings. The lowest BCUT2D eigenvalue weighted by molar-refractivity contribution is 0.218. The van der Waals surface area contributed by atoms with Crippen LogP contribution in [0.3, 0.4) is 0 Å². The third kappa shape index (κ3) is 5.37. The fourth-order valence-corrected chi connectivity index (χ4v) is 3.82. The number of nitrogens with one attached hydrogen (secondary N) is 1. The fraction of sp³-hybridized carbons (Fsp3) is 0.478. The molecule has 2 atom stereocenters. The summed E-state index contributed by atoms with van der Waals surface area (Å²) in [4.78, 5) is 0. The molecule has 2 aliphatic rings. The van der Waals surface area contributed by atoms with Gasteiger partial charge in [0.05, 0.1) is 14.2 Å². The summed E-state index contributed by atoms with van der Waals surface area (Å²) in [5.74, 6) is 1.28. The van der Waals surface area contributed by atoms with Crippen LogP contribution in [0, 0.1) is 11.6 Å². The van der Waals surface area contributed by atoms with E-state index in [9.17, 15) is 8.78 Å². The maximum atomic E-state index is 13.6. The Bertz CT molecular complexity index is 908. The number of halogens is 2. The molecule has 8 heteroatoms. The van der Waals surface area contributed by atoms with Gasteiger partial charge in [0, 0.05) is 29.3 Å². The third-order valence-electron chi connectivity index (χ3n) is 5.14. The zero-order valence-corrected chi connectivity index (χ0v) is 18.3. The number of methoxy groups -OCH3 is 2. The molecule has 0 saturated heterocycles. The van der Waals surface area contributed by atoms with E-state index in [1.807, 2.05) is 0 Å². The summed E-state index contributed by atoms with van der Waals surface area (Å²) >= 11 is 0. The van der Waals surface area contributed by atoms with Gasteiger partial charge in [-0.2, -0.15) is 0 Å². The summed E-state index contributed by atoms with van der Waals surface area (Å²) < 4.78 is 48.0. The average molecular weight is 436 g/mol. The monoisotopic (exact) mass is 436 g/mol. The van der Waals surface area contributed by atoms with Crippen molar-refractivity contribution < 1.29 is 27.7 Å². The second kappa shape index (κ2) is 10.2. The average Bonchev–Trinajstić information content (AvgIpc) is 2.74. The number of nitrogens with two attached hydrogens (primary N) is 1. The van der Waals surface area contributed by atoms with Crippen LogP contribution in [0.2, 0.25) is 0 Å². The van der Waals surface area contributed by atoms with Gasteiger partial charge in [0.25, 0.3) is 0 Å². The van der Waals surface area contributed by atoms with Crippen LogP contribution >= 0.6 is 0 Å². The summed E-state index contributed by atoms with van der Waals surface area (Å²) in [7, 11) is 3.14. The maximum Gasteiger partial charge on any atom is 0.165 e. The lowest BCUT2D eigenvalue weighted by Crippen LogP contribution is -2.43. The van der Waals surface area contributed by atoms with Crippen molar-refractivity contribution >= 4 is 0 Å². The van der Waals surface area contributed by atoms with Crippen LogP contribution in [-0.2, 0) is 12.8 Å². The van der Waals surface area contributed by atoms with Crippen LogP contribution in [0.15, 0.2) is 24.3 Å². The topological polar surface area (TPSA) is 75.0 Å². The number of hydrogen-bond acceptors (Lipinski definition) is 6. The molecule has 4 rings (SSSR count). The third-order valence-corrected chi connectivity index (χ3v) is 5.14. The smallest absolute Gasteiger partial charge is 0.165 e. The first kappa shape index (κ1) is 23.1. The number of ether oxygens (including phenoxy) is 4. The molecule has 0 unspecified atom stereocenters. The van der Waals surface area contributed by atoms with Crippen molar-refractivity contribution in [2.75, 3.05) is 27.4 Å². The maximum absolute atomic E-state index is 13.6. The van der Waals surface area contributed by atoms with Gasteiger partial charge in [-0.3, -0.25) is 0 Å². The van der Waals surface area contributed by atoms with Gasteiger partial charge in [-0.25, -0.2) is 8.78 Å². The quantitative estimate of drug-likeness (QED) is 0.767. The summed E-state index contributed by atoms with van der Waals surface area (Å²) in [5, 5.41) is 3.39. The van der Waals surface area contributed by atoms with Crippen LogP contribution < -0.4 is 30.0 Å². The van der Waals surface area contributed by atoms with E-state index < -0.39 is 0 Å². The number of fused-ring (bicyclic) bond motifs is 2. The van der Waals surface area contributed by atoms with Crippen LogP contribution in [0.25, 0.3) is 0 Å². The van der Waals surface area contributed by atoms with Crippen LogP contribution in [-0.4, -0.2) is 45.6 Å². The van der Waals surface area contributed by atoms with Crippen molar-refractivity contribution in [2.45, 2.75) is 44.8 Å². The normalized spacial score (nSPS) is 19.2. The molecular weight excluding hydrogens is 406 g/mol. The molecule has 0 radical (unpaired) electrons. The molecule has 0 aliphatic carbocycles. The van der Waals surface area contributed by atoms with Gasteiger partial charge in [-0.15, -0.1) is 0 Å². The first-order chi connectivity index (χ1) is 14.8. The van der Waals surface area contributed by atoms with Gasteiger partial charge in [0.15, 0.2) is 23.1 Å². The highest BCUT2D eigenvalue weighted by Gasteiger charge is 2.26. The predicted molar refractivity (Wildman–Crippen MR) is 114 cm³/mol. The standard InChI is InChI=1S/C13H18FNO2.C10H12FNO2/c1-8(2)15-9-6-10-12(16-3)5-4-11(14)13(10)17-7-9;1-13-9-3-2-8(11)10-7(9)4-6(12)5-14-10/h4-5,8-9,15H,6-7H2,1-3H3;2-3,6H,4-5,12H2,1H3/t9-;6-/m11/s1. The SMILES string of the molecule is COc1ccc(F)c2c1C[C@@H](N)CO2.COc1ccc(F)c2c1C[C@@H](NC(C)C)CO2. The van der Waals surface area contributed by atoms with Gasteiger partial charge in [0.2, 0.25) is 0 Å². The summed E-state index contributed by atoms with van der Waals surface area (Å²) in [6.07, 6.45) is 1.32. The molecule has 0 bridgehead atoms. The molecule has 3 N–H and O–H groups in total. The van der Waals surface area contributed by atoms with Crippen LogP contribution in [0.5, 0.6) is 23.0 Å². The highest BCUT2D eigenvalue weighted by atomic mass is 19.1. The van der Waals surface area contributed by atoms with E-state index in [-0.39, 0.29) is 29.5 Å². The van der Waals surface area contributed by atoms with E-state index in [0.29, 0.717) is 42.9 Å². The van der Waals surface area contributed by atoms with E-state index in [2.05, 4.69) is 19.2 Å². The second-order valence-electron chi connectivity index (χ2n) is 7.92. The zero-order chi connectivity index (χ0) is 22.5. The van der Waals surface area contributed by atoms with E-state index in [4.69, 9.17) is 24.7 Å². The molecule has 31 heavy (non-hydrogen) atoms. The molecule has 0 aromatic heterocycles. The highest BCUT2D eigenvalue weighted by molar-refractivity contribution is 5.48. The minimum Gasteiger partial charge on any atom is -0.496 e. The molecule has 2 aromatic carbocycles. The lowest BCUT2D eigenvalue weighted by atomic mass is 10.0. The predicted octanol–water partition coefficient (Wildman–Crippen LogP) is 3.23. The van der Waals surface area contributed by atoms with E-state index in [1.54, 1.807) is 26.4 Å². The molecule has 2 aliphatic heterocycles. The Morgan fingerprint density at radius 1 is 0.903 bits per heavy atom. The van der Waals surface area contributed by atoms with E-state index in [1.165, 1.54) is 12.1 Å². The summed E-state index contributed by atoms with van der Waals surface area (Å²) in [6.45, 7) is 5.02. The van der Waals surface area contributed by atoms with Gasteiger partial charge in [-0.05, 0) is 37.1 Å². The zero-order valence-electron chi connectivity index (χ0n) is 18.3. The van der Waals surface area contributed by atoms with Crippen molar-refractivity contribution in [2.24, 2.45) is 5.73 Å². The Kier molecular flexibility index (Phi) is 7.56. The fourth-order valence-electron chi connectivity index (χ4n) is 3.82. The Hall–Kier alpha value is -2.58. The Morgan fingerprint density at radius 3 is 1.94 bits per heavy atom. The second-order valence-corrected chi connectivity index (χ2v) is 7.92. The van der Waals surface area contributed by atoms with Crippen LogP contribution in [0.1, 0.15) is 25.0 Å². The molecule has 6 nitrogen and oxygen atoms in total. The summed E-state index contributed by atoms with van der Waals surface area (Å²) in [5.41, 5.74) is 7.26. The van der Waals surface area contributed by atoms with E-state index >= 15 is 0 Å². The van der Waals surface area contributed by atoms with E-state index in [0.717, 1.165) is 17.5 Å². The van der Waals surface area contributed by atoms with Gasteiger partial charge >= 0.3 is 0 Å². The Morgan fingerprint density at radius 2 is 1.42 bits per heavy atom. The molecule has 170 valence electrons. The molecule has 0 saturated carbocycles. The molecule has 0 amide bonds. The Balaban J connectivity index is 0.000000179. The first-order valence-corrected chi connectivity index (χ1v) is 10.3. The lowest BCUT2D eigenvalue weighted by Gasteiger charge is -2.28. The largest absolute Gasteiger partial charge is 0.496 e. The van der Waals surface area contributed by atoms with Gasteiger partial charge in [-0.1, -0.05) is 13.8 Å². The number of hydrogen-bond donors (Lipinski definition) is 2. The van der Waals surface area contributed by atoms with Crippen molar-refractivity contribution in [3.05, 3.63) is 47.0 Å². The minimum absolute atomic E-state index is 0.0850. The Labute approximate surface area is 181 Å². The number of rotatable bonds is 4. The summed E-state index contributed by atoms with van der Waals surface area (Å²) in [6, 6.07) is 6.47. The molecule has 2 heterocycles. The molecular formula is C23H30F2N2O4. The highest BCUT2D eigenvalue weighted by Crippen LogP contribution is 2.36.